The van der Waals surface area contributed by atoms with Crippen molar-refractivity contribution in [2.45, 2.75) is 18.9 Å². The van der Waals surface area contributed by atoms with Gasteiger partial charge in [-0.1, -0.05) is 23.2 Å². The summed E-state index contributed by atoms with van der Waals surface area (Å²) in [5.74, 6) is 0.409. The number of rotatable bonds is 4. The molecule has 1 heterocycles. The number of hydrogen-bond donors (Lipinski definition) is 2. The molecule has 0 bridgehead atoms. The summed E-state index contributed by atoms with van der Waals surface area (Å²) in [6.45, 7) is 0.503. The second-order valence-electron chi connectivity index (χ2n) is 6.12. The first-order valence-corrected chi connectivity index (χ1v) is 9.21. The predicted octanol–water partition coefficient (Wildman–Crippen LogP) is 4.64. The van der Waals surface area contributed by atoms with Crippen LogP contribution in [0, 0.1) is 0 Å². The van der Waals surface area contributed by atoms with Gasteiger partial charge < -0.3 is 20.3 Å². The van der Waals surface area contributed by atoms with Gasteiger partial charge in [-0.25, -0.2) is 4.79 Å². The van der Waals surface area contributed by atoms with Gasteiger partial charge in [-0.15, -0.1) is 0 Å². The Morgan fingerprint density at radius 3 is 2.56 bits per heavy atom. The minimum Gasteiger partial charge on any atom is -0.497 e. The summed E-state index contributed by atoms with van der Waals surface area (Å²) >= 11 is 12.1. The van der Waals surface area contributed by atoms with Crippen molar-refractivity contribution in [3.8, 4) is 5.75 Å². The fourth-order valence-corrected chi connectivity index (χ4v) is 3.30. The summed E-state index contributed by atoms with van der Waals surface area (Å²) in [5, 5.41) is 6.43. The molecule has 8 heteroatoms. The number of likely N-dealkylation sites (tertiary alicyclic amines) is 1. The summed E-state index contributed by atoms with van der Waals surface area (Å²) in [7, 11) is 1.58. The number of methoxy groups -OCH3 is 1. The van der Waals surface area contributed by atoms with Crippen molar-refractivity contribution in [3.05, 3.63) is 52.5 Å². The zero-order valence-corrected chi connectivity index (χ0v) is 16.2. The van der Waals surface area contributed by atoms with Crippen molar-refractivity contribution in [1.82, 2.24) is 4.90 Å². The molecule has 2 aromatic rings. The van der Waals surface area contributed by atoms with Gasteiger partial charge in [0.15, 0.2) is 0 Å². The highest BCUT2D eigenvalue weighted by molar-refractivity contribution is 6.35. The molecule has 1 fully saturated rings. The lowest BCUT2D eigenvalue weighted by Crippen LogP contribution is -2.45. The van der Waals surface area contributed by atoms with E-state index in [1.807, 2.05) is 0 Å². The van der Waals surface area contributed by atoms with E-state index in [1.54, 1.807) is 49.6 Å². The largest absolute Gasteiger partial charge is 0.497 e. The average Bonchev–Trinajstić information content (AvgIpc) is 3.15. The van der Waals surface area contributed by atoms with E-state index in [4.69, 9.17) is 27.9 Å². The number of nitrogens with zero attached hydrogens (tertiary/aromatic N) is 1. The van der Waals surface area contributed by atoms with Crippen LogP contribution in [-0.2, 0) is 4.79 Å². The normalized spacial score (nSPS) is 16.1. The number of ether oxygens (including phenoxy) is 1. The Balaban J connectivity index is 1.67. The highest BCUT2D eigenvalue weighted by Gasteiger charge is 2.34. The molecule has 0 radical (unpaired) electrons. The number of amides is 3. The molecule has 0 spiro atoms. The molecule has 6 nitrogen and oxygen atoms in total. The number of carbonyl (C=O) groups is 2. The fraction of sp³-hybridized carbons (Fsp3) is 0.263. The molecule has 2 N–H and O–H groups in total. The smallest absolute Gasteiger partial charge is 0.322 e. The van der Waals surface area contributed by atoms with Gasteiger partial charge in [0.25, 0.3) is 0 Å². The lowest BCUT2D eigenvalue weighted by molar-refractivity contribution is -0.119. The number of anilines is 2. The van der Waals surface area contributed by atoms with Gasteiger partial charge >= 0.3 is 6.03 Å². The molecule has 142 valence electrons. The number of carbonyl (C=O) groups excluding carboxylic acids is 2. The van der Waals surface area contributed by atoms with Crippen LogP contribution in [0.2, 0.25) is 10.0 Å². The molecule has 27 heavy (non-hydrogen) atoms. The van der Waals surface area contributed by atoms with Crippen LogP contribution in [0.3, 0.4) is 0 Å². The van der Waals surface area contributed by atoms with Crippen LogP contribution < -0.4 is 15.4 Å². The topological polar surface area (TPSA) is 70.7 Å². The molecule has 1 saturated heterocycles. The van der Waals surface area contributed by atoms with E-state index in [9.17, 15) is 9.59 Å². The Bertz CT molecular complexity index is 843. The Kier molecular flexibility index (Phi) is 6.08. The highest BCUT2D eigenvalue weighted by atomic mass is 35.5. The number of hydrogen-bond acceptors (Lipinski definition) is 3. The van der Waals surface area contributed by atoms with Crippen LogP contribution in [0.4, 0.5) is 16.2 Å². The summed E-state index contributed by atoms with van der Waals surface area (Å²) in [6.07, 6.45) is 1.33. The lowest BCUT2D eigenvalue weighted by Gasteiger charge is -2.24. The zero-order valence-electron chi connectivity index (χ0n) is 14.7. The molecule has 1 aliphatic rings. The number of benzene rings is 2. The summed E-state index contributed by atoms with van der Waals surface area (Å²) in [6, 6.07) is 10.9. The molecular weight excluding hydrogens is 389 g/mol. The predicted molar refractivity (Wildman–Crippen MR) is 107 cm³/mol. The first kappa shape index (κ1) is 19.3. The second-order valence-corrected chi connectivity index (χ2v) is 6.97. The third-order valence-corrected chi connectivity index (χ3v) is 4.91. The Labute approximate surface area is 167 Å². The molecule has 3 rings (SSSR count). The molecular formula is C19H19Cl2N3O3. The first-order chi connectivity index (χ1) is 13.0. The van der Waals surface area contributed by atoms with Crippen molar-refractivity contribution in [3.63, 3.8) is 0 Å². The molecule has 0 aliphatic carbocycles. The Morgan fingerprint density at radius 2 is 1.85 bits per heavy atom. The zero-order chi connectivity index (χ0) is 19.4. The van der Waals surface area contributed by atoms with Crippen molar-refractivity contribution in [2.75, 3.05) is 24.3 Å². The van der Waals surface area contributed by atoms with Crippen LogP contribution in [0.1, 0.15) is 12.8 Å². The van der Waals surface area contributed by atoms with Crippen molar-refractivity contribution < 1.29 is 14.3 Å². The minimum atomic E-state index is -0.571. The summed E-state index contributed by atoms with van der Waals surface area (Å²) < 4.78 is 5.10. The van der Waals surface area contributed by atoms with E-state index >= 15 is 0 Å². The van der Waals surface area contributed by atoms with Crippen molar-refractivity contribution in [2.24, 2.45) is 0 Å². The van der Waals surface area contributed by atoms with Crippen molar-refractivity contribution in [1.29, 1.82) is 0 Å². The van der Waals surface area contributed by atoms with Gasteiger partial charge in [-0.2, -0.15) is 0 Å². The van der Waals surface area contributed by atoms with Gasteiger partial charge in [0, 0.05) is 17.3 Å². The van der Waals surface area contributed by atoms with Gasteiger partial charge in [-0.05, 0) is 55.3 Å². The highest BCUT2D eigenvalue weighted by Crippen LogP contribution is 2.27. The Hall–Kier alpha value is -2.44. The van der Waals surface area contributed by atoms with E-state index < -0.39 is 6.04 Å². The maximum absolute atomic E-state index is 12.7. The summed E-state index contributed by atoms with van der Waals surface area (Å²) in [4.78, 5) is 26.8. The average molecular weight is 408 g/mol. The second kappa shape index (κ2) is 8.50. The first-order valence-electron chi connectivity index (χ1n) is 8.45. The number of urea groups is 1. The van der Waals surface area contributed by atoms with Crippen LogP contribution >= 0.6 is 23.2 Å². The number of nitrogens with one attached hydrogen (secondary N) is 2. The monoisotopic (exact) mass is 407 g/mol. The third-order valence-electron chi connectivity index (χ3n) is 4.34. The molecule has 0 saturated carbocycles. The van der Waals surface area contributed by atoms with Crippen LogP contribution in [-0.4, -0.2) is 36.5 Å². The van der Waals surface area contributed by atoms with Crippen molar-refractivity contribution >= 4 is 46.5 Å². The maximum atomic E-state index is 12.7. The van der Waals surface area contributed by atoms with Gasteiger partial charge in [0.1, 0.15) is 11.8 Å². The molecule has 0 aromatic heterocycles. The SMILES string of the molecule is COc1ccc(NC(=O)N2CCCC2C(=O)Nc2cc(Cl)ccc2Cl)cc1. The molecule has 3 amide bonds. The van der Waals surface area contributed by atoms with Crippen LogP contribution in [0.5, 0.6) is 5.75 Å². The van der Waals surface area contributed by atoms with Crippen LogP contribution in [0.15, 0.2) is 42.5 Å². The van der Waals surface area contributed by atoms with Gasteiger partial charge in [-0.3, -0.25) is 4.79 Å². The minimum absolute atomic E-state index is 0.290. The third kappa shape index (κ3) is 4.64. The standard InChI is InChI=1S/C19H19Cl2N3O3/c1-27-14-7-5-13(6-8-14)22-19(26)24-10-2-3-17(24)18(25)23-16-11-12(20)4-9-15(16)21/h4-9,11,17H,2-3,10H2,1H3,(H,22,26)(H,23,25). The summed E-state index contributed by atoms with van der Waals surface area (Å²) in [5.41, 5.74) is 1.06. The maximum Gasteiger partial charge on any atom is 0.322 e. The van der Waals surface area contributed by atoms with Gasteiger partial charge in [0.2, 0.25) is 5.91 Å². The van der Waals surface area contributed by atoms with Gasteiger partial charge in [0.05, 0.1) is 17.8 Å². The van der Waals surface area contributed by atoms with E-state index in [2.05, 4.69) is 10.6 Å². The molecule has 2 aromatic carbocycles. The number of halogens is 2. The molecule has 1 aliphatic heterocycles. The van der Waals surface area contributed by atoms with E-state index in [0.717, 1.165) is 6.42 Å². The van der Waals surface area contributed by atoms with E-state index in [1.165, 1.54) is 4.90 Å². The van der Waals surface area contributed by atoms with Crippen LogP contribution in [0.25, 0.3) is 0 Å². The fourth-order valence-electron chi connectivity index (χ4n) is 2.96. The molecule has 1 unspecified atom stereocenters. The quantitative estimate of drug-likeness (QED) is 0.775. The Morgan fingerprint density at radius 1 is 1.11 bits per heavy atom. The lowest BCUT2D eigenvalue weighted by atomic mass is 10.2. The van der Waals surface area contributed by atoms with E-state index in [-0.39, 0.29) is 11.9 Å². The van der Waals surface area contributed by atoms with E-state index in [0.29, 0.717) is 40.1 Å². The molecule has 1 atom stereocenters.